The monoisotopic (exact) mass is 156 g/mol. The van der Waals surface area contributed by atoms with E-state index in [1.54, 1.807) is 0 Å². The Kier molecular flexibility index (Phi) is 485. The second-order valence-electron chi connectivity index (χ2n) is 0. The molecule has 0 aromatic carbocycles. The van der Waals surface area contributed by atoms with Gasteiger partial charge in [-0.1, -0.05) is 0 Å². The maximum Gasteiger partial charge on any atom is 2.00 e. The van der Waals surface area contributed by atoms with Crippen LogP contribution in [0.4, 0.5) is 0 Å². The third kappa shape index (κ3) is 84.3. The molecule has 0 aliphatic carbocycles. The fraction of sp³-hybridized carbons (Fsp3) is 1.00. The molecule has 0 amide bonds. The van der Waals surface area contributed by atoms with Crippen LogP contribution in [0.2, 0.25) is 0 Å². The second-order valence-corrected chi connectivity index (χ2v) is 0. The van der Waals surface area contributed by atoms with E-state index in [9.17, 15) is 0 Å². The zero-order valence-electron chi connectivity index (χ0n) is 5.93. The summed E-state index contributed by atoms with van der Waals surface area (Å²) in [5.74, 6) is 0. The quantitative estimate of drug-likeness (QED) is 0.328. The molecule has 0 saturated carbocycles. The summed E-state index contributed by atoms with van der Waals surface area (Å²) in [7, 11) is 2.25. The molecular weight excluding hydrogens is 147 g/mol. The smallest absolute Gasteiger partial charge is 0.857 e. The van der Waals surface area contributed by atoms with Gasteiger partial charge in [0.2, 0.25) is 0 Å². The van der Waals surface area contributed by atoms with Crippen molar-refractivity contribution in [1.82, 2.24) is 0 Å². The molecule has 3 nitrogen and oxygen atoms in total. The maximum atomic E-state index is 8.25. The summed E-state index contributed by atoms with van der Waals surface area (Å²) >= 11 is 0. The van der Waals surface area contributed by atoms with Gasteiger partial charge in [-0.25, -0.2) is 0 Å². The minimum atomic E-state index is 0. The van der Waals surface area contributed by atoms with Crippen molar-refractivity contribution in [2.24, 2.45) is 0 Å². The zero-order chi connectivity index (χ0) is 6.00. The van der Waals surface area contributed by atoms with Crippen LogP contribution in [-0.4, -0.2) is 44.4 Å². The molecular formula is C3H9KMgO3. The summed E-state index contributed by atoms with van der Waals surface area (Å²) < 4.78 is 0. The Morgan fingerprint density at radius 3 is 0.625 bits per heavy atom. The Bertz CT molecular complexity index is 14.5. The van der Waals surface area contributed by atoms with Crippen LogP contribution < -0.4 is 66.7 Å². The Hall–Kier alpha value is 2.28. The summed E-state index contributed by atoms with van der Waals surface area (Å²) in [5.41, 5.74) is 0. The molecule has 0 aliphatic heterocycles. The average molecular weight is 157 g/mol. The minimum absolute atomic E-state index is 0. The van der Waals surface area contributed by atoms with E-state index in [0.29, 0.717) is 0 Å². The van der Waals surface area contributed by atoms with Gasteiger partial charge in [0.25, 0.3) is 0 Å². The van der Waals surface area contributed by atoms with Crippen molar-refractivity contribution >= 4 is 23.1 Å². The van der Waals surface area contributed by atoms with Crippen LogP contribution in [0.1, 0.15) is 0 Å². The van der Waals surface area contributed by atoms with Crippen molar-refractivity contribution < 1.29 is 66.7 Å². The van der Waals surface area contributed by atoms with Gasteiger partial charge in [0, 0.05) is 0 Å². The van der Waals surface area contributed by atoms with Crippen molar-refractivity contribution in [2.45, 2.75) is 0 Å². The molecule has 0 saturated heterocycles. The molecule has 0 spiro atoms. The van der Waals surface area contributed by atoms with E-state index in [2.05, 4.69) is 0 Å². The van der Waals surface area contributed by atoms with Gasteiger partial charge in [-0.3, -0.25) is 0 Å². The van der Waals surface area contributed by atoms with Gasteiger partial charge in [0.15, 0.2) is 0 Å². The Balaban J connectivity index is -0.00000000500. The van der Waals surface area contributed by atoms with Crippen LogP contribution in [0.3, 0.4) is 0 Å². The molecule has 5 heteroatoms. The molecule has 8 heavy (non-hydrogen) atoms. The van der Waals surface area contributed by atoms with Gasteiger partial charge in [-0.15, -0.1) is 0 Å². The minimum Gasteiger partial charge on any atom is -0.857 e. The molecule has 42 valence electrons. The topological polar surface area (TPSA) is 69.2 Å². The van der Waals surface area contributed by atoms with Crippen LogP contribution in [0.5, 0.6) is 0 Å². The van der Waals surface area contributed by atoms with E-state index < -0.39 is 0 Å². The Labute approximate surface area is 109 Å². The van der Waals surface area contributed by atoms with E-state index in [-0.39, 0.29) is 74.4 Å². The maximum absolute atomic E-state index is 8.25. The molecule has 0 N–H and O–H groups in total. The van der Waals surface area contributed by atoms with Gasteiger partial charge in [0.1, 0.15) is 0 Å². The van der Waals surface area contributed by atoms with Crippen LogP contribution in [0, 0.1) is 0 Å². The summed E-state index contributed by atoms with van der Waals surface area (Å²) in [6.07, 6.45) is 0. The molecule has 0 radical (unpaired) electrons. The van der Waals surface area contributed by atoms with Gasteiger partial charge >= 0.3 is 74.4 Å². The first kappa shape index (κ1) is 31.8. The summed E-state index contributed by atoms with van der Waals surface area (Å²) in [4.78, 5) is 0. The average Bonchev–Trinajstić information content (AvgIpc) is 1.81. The molecule has 0 heterocycles. The predicted octanol–water partition coefficient (Wildman–Crippen LogP) is -6.45. The number of hydrogen-bond donors (Lipinski definition) is 0. The van der Waals surface area contributed by atoms with E-state index in [1.807, 2.05) is 0 Å². The Morgan fingerprint density at radius 2 is 0.625 bits per heavy atom. The summed E-state index contributed by atoms with van der Waals surface area (Å²) in [6, 6.07) is 0. The molecule has 0 unspecified atom stereocenters. The molecule has 0 atom stereocenters. The zero-order valence-corrected chi connectivity index (χ0v) is 10.5. The fourth-order valence-electron chi connectivity index (χ4n) is 0. The van der Waals surface area contributed by atoms with Crippen LogP contribution in [-0.2, 0) is 0 Å². The van der Waals surface area contributed by atoms with Crippen molar-refractivity contribution in [1.29, 1.82) is 0 Å². The van der Waals surface area contributed by atoms with Gasteiger partial charge in [-0.05, 0) is 0 Å². The van der Waals surface area contributed by atoms with Gasteiger partial charge in [0.05, 0.1) is 0 Å². The van der Waals surface area contributed by atoms with Crippen molar-refractivity contribution in [3.63, 3.8) is 0 Å². The van der Waals surface area contributed by atoms with Crippen molar-refractivity contribution in [3.8, 4) is 0 Å². The van der Waals surface area contributed by atoms with E-state index in [4.69, 9.17) is 15.3 Å². The Morgan fingerprint density at radius 1 is 0.625 bits per heavy atom. The van der Waals surface area contributed by atoms with E-state index in [0.717, 1.165) is 21.3 Å². The number of rotatable bonds is 0. The SMILES string of the molecule is C[O-].C[O-].C[O-].[K+].[Mg+2]. The van der Waals surface area contributed by atoms with Crippen molar-refractivity contribution in [3.05, 3.63) is 0 Å². The first-order valence-corrected chi connectivity index (χ1v) is 1.22. The van der Waals surface area contributed by atoms with Crippen molar-refractivity contribution in [2.75, 3.05) is 21.3 Å². The third-order valence-corrected chi connectivity index (χ3v) is 0. The molecule has 0 rings (SSSR count). The van der Waals surface area contributed by atoms with E-state index >= 15 is 0 Å². The predicted molar refractivity (Wildman–Crippen MR) is 23.5 cm³/mol. The molecule has 0 aromatic rings. The fourth-order valence-corrected chi connectivity index (χ4v) is 0. The first-order valence-electron chi connectivity index (χ1n) is 1.22. The van der Waals surface area contributed by atoms with Gasteiger partial charge < -0.3 is 15.3 Å². The van der Waals surface area contributed by atoms with Crippen LogP contribution >= 0.6 is 0 Å². The van der Waals surface area contributed by atoms with Crippen LogP contribution in [0.15, 0.2) is 0 Å². The van der Waals surface area contributed by atoms with E-state index in [1.165, 1.54) is 0 Å². The normalized spacial score (nSPS) is 2.25. The second kappa shape index (κ2) is 122. The summed E-state index contributed by atoms with van der Waals surface area (Å²) in [6.45, 7) is 0. The van der Waals surface area contributed by atoms with Gasteiger partial charge in [-0.2, -0.15) is 21.3 Å². The largest absolute Gasteiger partial charge is 2.00 e. The third-order valence-electron chi connectivity index (χ3n) is 0. The molecule has 0 bridgehead atoms. The van der Waals surface area contributed by atoms with Crippen LogP contribution in [0.25, 0.3) is 0 Å². The first-order chi connectivity index (χ1) is 3.00. The molecule has 0 aliphatic rings. The molecule has 0 fully saturated rings. The molecule has 0 aromatic heterocycles. The standard InChI is InChI=1S/3CH3O.K.Mg/c3*1-2;;/h3*1H3;;/q3*-1;+1;+2. The number of hydrogen-bond acceptors (Lipinski definition) is 3. The summed E-state index contributed by atoms with van der Waals surface area (Å²) in [5, 5.41) is 24.8.